The number of carbonyl (C=O) groups excluding carboxylic acids is 1. The summed E-state index contributed by atoms with van der Waals surface area (Å²) >= 11 is 6.62. The van der Waals surface area contributed by atoms with E-state index in [1.807, 2.05) is 55.3 Å². The van der Waals surface area contributed by atoms with E-state index in [0.29, 0.717) is 58.6 Å². The predicted molar refractivity (Wildman–Crippen MR) is 151 cm³/mol. The van der Waals surface area contributed by atoms with Crippen LogP contribution in [0.1, 0.15) is 42.4 Å². The van der Waals surface area contributed by atoms with Crippen LogP contribution in [0.2, 0.25) is 0 Å². The van der Waals surface area contributed by atoms with Crippen molar-refractivity contribution in [2.75, 3.05) is 18.5 Å². The van der Waals surface area contributed by atoms with Crippen molar-refractivity contribution < 1.29 is 14.7 Å². The van der Waals surface area contributed by atoms with Gasteiger partial charge in [0, 0.05) is 32.8 Å². The number of aromatic nitrogens is 2. The molecule has 0 bridgehead atoms. The van der Waals surface area contributed by atoms with Crippen LogP contribution in [0.25, 0.3) is 11.7 Å². The van der Waals surface area contributed by atoms with Crippen LogP contribution in [0.5, 0.6) is 0 Å². The van der Waals surface area contributed by atoms with E-state index in [1.165, 1.54) is 21.1 Å². The first-order valence-electron chi connectivity index (χ1n) is 12.0. The topological polar surface area (TPSA) is 95.2 Å². The third kappa shape index (κ3) is 6.08. The van der Waals surface area contributed by atoms with Gasteiger partial charge in [-0.05, 0) is 43.0 Å². The summed E-state index contributed by atoms with van der Waals surface area (Å²) in [6.45, 7) is 2.86. The molecule has 0 saturated carbocycles. The first kappa shape index (κ1) is 26.6. The van der Waals surface area contributed by atoms with Gasteiger partial charge < -0.3 is 10.0 Å². The maximum absolute atomic E-state index is 13.7. The lowest BCUT2D eigenvalue weighted by atomic mass is 10.2. The normalized spacial score (nSPS) is 14.6. The average molecular weight is 537 g/mol. The third-order valence-electron chi connectivity index (χ3n) is 6.11. The zero-order valence-electron chi connectivity index (χ0n) is 20.7. The number of hydrogen-bond donors (Lipinski definition) is 1. The first-order chi connectivity index (χ1) is 17.8. The van der Waals surface area contributed by atoms with E-state index in [4.69, 9.17) is 22.3 Å². The number of carboxylic acids is 1. The molecule has 1 saturated heterocycles. The monoisotopic (exact) mass is 536 g/mol. The molecule has 1 amide bonds. The molecule has 10 heteroatoms. The van der Waals surface area contributed by atoms with Crippen LogP contribution in [-0.2, 0) is 16.1 Å². The van der Waals surface area contributed by atoms with Gasteiger partial charge in [0.15, 0.2) is 0 Å². The first-order valence-corrected chi connectivity index (χ1v) is 13.2. The zero-order valence-corrected chi connectivity index (χ0v) is 22.3. The van der Waals surface area contributed by atoms with Crippen molar-refractivity contribution in [3.8, 4) is 0 Å². The highest BCUT2D eigenvalue weighted by molar-refractivity contribution is 8.26. The summed E-state index contributed by atoms with van der Waals surface area (Å²) in [7, 11) is 1.88. The van der Waals surface area contributed by atoms with Crippen LogP contribution < -0.4 is 10.5 Å². The number of benzene rings is 1. The lowest BCUT2D eigenvalue weighted by Crippen LogP contribution is -2.29. The molecule has 1 aliphatic rings. The Bertz CT molecular complexity index is 1440. The van der Waals surface area contributed by atoms with E-state index in [2.05, 4.69) is 0 Å². The van der Waals surface area contributed by atoms with E-state index in [1.54, 1.807) is 18.3 Å². The second-order valence-corrected chi connectivity index (χ2v) is 10.6. The number of fused-ring (bicyclic) bond motifs is 1. The SMILES string of the molecule is Cc1cccn2c(=O)c(/C=C3\SC(=S)N(CCCCCC(=O)O)C3=O)c(N(C)Cc3ccccc3)nc12. The number of aryl methyl sites for hydroxylation is 1. The Morgan fingerprint density at radius 1 is 1.14 bits per heavy atom. The van der Waals surface area contributed by atoms with Crippen molar-refractivity contribution in [2.24, 2.45) is 0 Å². The third-order valence-corrected chi connectivity index (χ3v) is 7.49. The quantitative estimate of drug-likeness (QED) is 0.230. The largest absolute Gasteiger partial charge is 0.481 e. The van der Waals surface area contributed by atoms with E-state index < -0.39 is 5.97 Å². The lowest BCUT2D eigenvalue weighted by molar-refractivity contribution is -0.137. The standard InChI is InChI=1S/C27H28N4O4S2/c1-18-10-9-15-30-23(18)28-24(29(2)17-19-11-5-3-6-12-19)20(25(30)34)16-21-26(35)31(27(36)37-21)14-8-4-7-13-22(32)33/h3,5-6,9-12,15-16H,4,7-8,13-14,17H2,1-2H3,(H,32,33)/b21-16-. The van der Waals surface area contributed by atoms with E-state index in [-0.39, 0.29) is 17.9 Å². The number of carboxylic acid groups (broad SMARTS) is 1. The Morgan fingerprint density at radius 2 is 1.89 bits per heavy atom. The van der Waals surface area contributed by atoms with Crippen molar-refractivity contribution in [3.05, 3.63) is 80.6 Å². The molecule has 1 fully saturated rings. The van der Waals surface area contributed by atoms with Gasteiger partial charge in [0.1, 0.15) is 15.8 Å². The van der Waals surface area contributed by atoms with Crippen LogP contribution in [0.4, 0.5) is 5.82 Å². The number of thioether (sulfide) groups is 1. The van der Waals surface area contributed by atoms with Gasteiger partial charge in [-0.3, -0.25) is 23.7 Å². The molecule has 192 valence electrons. The molecule has 1 N–H and O–H groups in total. The molecule has 0 spiro atoms. The fourth-order valence-corrected chi connectivity index (χ4v) is 5.49. The van der Waals surface area contributed by atoms with Crippen molar-refractivity contribution >= 4 is 57.7 Å². The maximum atomic E-state index is 13.7. The van der Waals surface area contributed by atoms with Crippen molar-refractivity contribution in [1.29, 1.82) is 0 Å². The summed E-state index contributed by atoms with van der Waals surface area (Å²) < 4.78 is 1.93. The smallest absolute Gasteiger partial charge is 0.303 e. The van der Waals surface area contributed by atoms with Crippen LogP contribution in [-0.4, -0.2) is 49.2 Å². The number of anilines is 1. The van der Waals surface area contributed by atoms with Gasteiger partial charge in [0.05, 0.1) is 10.5 Å². The maximum Gasteiger partial charge on any atom is 0.303 e. The Labute approximate surface area is 224 Å². The highest BCUT2D eigenvalue weighted by Gasteiger charge is 2.32. The summed E-state index contributed by atoms with van der Waals surface area (Å²) in [4.78, 5) is 46.2. The van der Waals surface area contributed by atoms with Gasteiger partial charge >= 0.3 is 5.97 Å². The molecule has 4 rings (SSSR count). The molecule has 3 aromatic rings. The summed E-state index contributed by atoms with van der Waals surface area (Å²) in [5.41, 5.74) is 2.56. The summed E-state index contributed by atoms with van der Waals surface area (Å²) in [5.74, 6) is -0.590. The van der Waals surface area contributed by atoms with Crippen LogP contribution in [0.3, 0.4) is 0 Å². The number of unbranched alkanes of at least 4 members (excludes halogenated alkanes) is 2. The van der Waals surface area contributed by atoms with Crippen LogP contribution in [0.15, 0.2) is 58.4 Å². The van der Waals surface area contributed by atoms with Crippen LogP contribution in [0, 0.1) is 6.92 Å². The van der Waals surface area contributed by atoms with Crippen molar-refractivity contribution in [1.82, 2.24) is 14.3 Å². The van der Waals surface area contributed by atoms with Gasteiger partial charge in [0.2, 0.25) is 0 Å². The molecule has 3 heterocycles. The number of aliphatic carboxylic acids is 1. The Morgan fingerprint density at radius 3 is 2.62 bits per heavy atom. The van der Waals surface area contributed by atoms with Crippen molar-refractivity contribution in [3.63, 3.8) is 0 Å². The number of amides is 1. The molecule has 2 aromatic heterocycles. The number of hydrogen-bond acceptors (Lipinski definition) is 7. The van der Waals surface area contributed by atoms with E-state index in [0.717, 1.165) is 11.1 Å². The Hall–Kier alpha value is -3.50. The molecule has 8 nitrogen and oxygen atoms in total. The molecular formula is C27H28N4O4S2. The van der Waals surface area contributed by atoms with E-state index in [9.17, 15) is 14.4 Å². The Balaban J connectivity index is 1.67. The van der Waals surface area contributed by atoms with Gasteiger partial charge in [-0.1, -0.05) is 66.8 Å². The summed E-state index contributed by atoms with van der Waals surface area (Å²) in [5, 5.41) is 8.80. The minimum Gasteiger partial charge on any atom is -0.481 e. The number of nitrogens with zero attached hydrogens (tertiary/aromatic N) is 4. The minimum absolute atomic E-state index is 0.107. The van der Waals surface area contributed by atoms with Gasteiger partial charge in [-0.2, -0.15) is 0 Å². The molecular weight excluding hydrogens is 508 g/mol. The van der Waals surface area contributed by atoms with Crippen LogP contribution >= 0.6 is 24.0 Å². The minimum atomic E-state index is -0.827. The molecule has 0 unspecified atom stereocenters. The van der Waals surface area contributed by atoms with Gasteiger partial charge in [0.25, 0.3) is 11.5 Å². The van der Waals surface area contributed by atoms with E-state index >= 15 is 0 Å². The fourth-order valence-electron chi connectivity index (χ4n) is 4.20. The Kier molecular flexibility index (Phi) is 8.40. The number of pyridine rings is 1. The van der Waals surface area contributed by atoms with Gasteiger partial charge in [-0.15, -0.1) is 0 Å². The number of thiocarbonyl (C=S) groups is 1. The molecule has 0 aliphatic carbocycles. The average Bonchev–Trinajstić information content (AvgIpc) is 3.13. The molecule has 37 heavy (non-hydrogen) atoms. The summed E-state index contributed by atoms with van der Waals surface area (Å²) in [6.07, 6.45) is 5.28. The lowest BCUT2D eigenvalue weighted by Gasteiger charge is -2.21. The molecule has 1 aliphatic heterocycles. The second kappa shape index (κ2) is 11.7. The number of carbonyl (C=O) groups is 2. The van der Waals surface area contributed by atoms with Crippen molar-refractivity contribution in [2.45, 2.75) is 39.2 Å². The summed E-state index contributed by atoms with van der Waals surface area (Å²) in [6, 6.07) is 13.6. The molecule has 0 atom stereocenters. The molecule has 1 aromatic carbocycles. The highest BCUT2D eigenvalue weighted by Crippen LogP contribution is 2.34. The second-order valence-electron chi connectivity index (χ2n) is 8.92. The highest BCUT2D eigenvalue weighted by atomic mass is 32.2. The number of rotatable bonds is 10. The fraction of sp³-hybridized carbons (Fsp3) is 0.296. The zero-order chi connectivity index (χ0) is 26.5. The molecule has 0 radical (unpaired) electrons. The van der Waals surface area contributed by atoms with Gasteiger partial charge in [-0.25, -0.2) is 4.98 Å². The predicted octanol–water partition coefficient (Wildman–Crippen LogP) is 4.49.